The van der Waals surface area contributed by atoms with E-state index in [9.17, 15) is 0 Å². The Morgan fingerprint density at radius 2 is 0.442 bits per heavy atom. The second-order valence-electron chi connectivity index (χ2n) is 9.17. The Kier molecular flexibility index (Phi) is 14.3. The van der Waals surface area contributed by atoms with Crippen molar-refractivity contribution in [1.29, 1.82) is 0 Å². The molecule has 0 heterocycles. The first-order valence-electron chi connectivity index (χ1n) is 13.5. The van der Waals surface area contributed by atoms with Gasteiger partial charge in [0.05, 0.1) is 20.9 Å². The van der Waals surface area contributed by atoms with Gasteiger partial charge in [0.15, 0.2) is 0 Å². The predicted molar refractivity (Wildman–Crippen MR) is 183 cm³/mol. The fourth-order valence-corrected chi connectivity index (χ4v) is 9.78. The van der Waals surface area contributed by atoms with Gasteiger partial charge in [-0.3, -0.25) is 0 Å². The number of rotatable bonds is 6. The van der Waals surface area contributed by atoms with Crippen LogP contribution in [0.4, 0.5) is 0 Å². The van der Waals surface area contributed by atoms with Crippen LogP contribution in [0.15, 0.2) is 182 Å². The Morgan fingerprint density at radius 1 is 0.326 bits per heavy atom. The van der Waals surface area contributed by atoms with Crippen molar-refractivity contribution in [2.45, 2.75) is 0 Å². The average Bonchev–Trinajstić information content (AvgIpc) is 3.05. The molecule has 0 radical (unpaired) electrons. The zero-order valence-electron chi connectivity index (χ0n) is 23.3. The molecule has 6 rings (SSSR count). The van der Waals surface area contributed by atoms with Crippen LogP contribution in [0.5, 0.6) is 0 Å². The summed E-state index contributed by atoms with van der Waals surface area (Å²) in [5, 5.41) is 23.4. The smallest absolute Gasteiger partial charge is 0.356 e. The number of benzene rings is 6. The number of hydrogen-bond donors (Lipinski definition) is 0. The molecule has 218 valence electrons. The normalized spacial score (nSPS) is 9.91. The minimum Gasteiger partial charge on any atom is -0.356 e. The van der Waals surface area contributed by atoms with Gasteiger partial charge in [0.1, 0.15) is 31.8 Å². The van der Waals surface area contributed by atoms with E-state index in [2.05, 4.69) is 182 Å². The standard InChI is InChI=1S/2C18H15P.Cu.NO3/c2*1-4-10-16(11-5-1)19(17-12-6-2-7-13-17)18-14-8-3-9-15-18;;2-1(3)4/h2*1-15H;;/q;;+1;-1/p+2. The summed E-state index contributed by atoms with van der Waals surface area (Å²) < 4.78 is 0. The van der Waals surface area contributed by atoms with Crippen molar-refractivity contribution in [3.8, 4) is 0 Å². The van der Waals surface area contributed by atoms with Crippen LogP contribution >= 0.6 is 15.8 Å². The molecule has 6 aromatic rings. The van der Waals surface area contributed by atoms with E-state index >= 15 is 0 Å². The summed E-state index contributed by atoms with van der Waals surface area (Å²) in [5.41, 5.74) is 0. The molecule has 43 heavy (non-hydrogen) atoms. The average molecular weight is 652 g/mol. The van der Waals surface area contributed by atoms with E-state index in [0.717, 1.165) is 0 Å². The predicted octanol–water partition coefficient (Wildman–Crippen LogP) is 6.11. The molecule has 7 heteroatoms. The molecule has 0 saturated heterocycles. The molecular weight excluding hydrogens is 620 g/mol. The van der Waals surface area contributed by atoms with Crippen LogP contribution in [0.2, 0.25) is 0 Å². The third-order valence-electron chi connectivity index (χ3n) is 6.37. The minimum atomic E-state index is -1.75. The van der Waals surface area contributed by atoms with Crippen molar-refractivity contribution in [3.05, 3.63) is 197 Å². The maximum absolute atomic E-state index is 8.25. The molecule has 0 bridgehead atoms. The second-order valence-corrected chi connectivity index (χ2v) is 14.1. The van der Waals surface area contributed by atoms with Crippen molar-refractivity contribution < 1.29 is 22.2 Å². The molecule has 0 unspecified atom stereocenters. The van der Waals surface area contributed by atoms with E-state index in [1.165, 1.54) is 31.8 Å². The molecule has 0 aromatic heterocycles. The quantitative estimate of drug-likeness (QED) is 0.0945. The first-order valence-corrected chi connectivity index (χ1v) is 16.5. The van der Waals surface area contributed by atoms with Gasteiger partial charge in [-0.2, -0.15) is 0 Å². The van der Waals surface area contributed by atoms with Crippen LogP contribution < -0.4 is 31.8 Å². The van der Waals surface area contributed by atoms with E-state index < -0.39 is 20.9 Å². The monoisotopic (exact) mass is 651 g/mol. The molecule has 0 saturated carbocycles. The molecule has 0 aliphatic carbocycles. The van der Waals surface area contributed by atoms with Crippen molar-refractivity contribution in [2.75, 3.05) is 0 Å². The van der Waals surface area contributed by atoms with Gasteiger partial charge < -0.3 is 15.3 Å². The van der Waals surface area contributed by atoms with E-state index in [1.807, 2.05) is 0 Å². The molecule has 4 nitrogen and oxygen atoms in total. The molecular formula is C36H32CuNO3P2+2. The van der Waals surface area contributed by atoms with Gasteiger partial charge >= 0.3 is 17.1 Å². The molecule has 0 aliphatic rings. The van der Waals surface area contributed by atoms with Gasteiger partial charge in [0, 0.05) is 0 Å². The summed E-state index contributed by atoms with van der Waals surface area (Å²) in [6.45, 7) is 0. The van der Waals surface area contributed by atoms with Crippen LogP contribution in [0.3, 0.4) is 0 Å². The van der Waals surface area contributed by atoms with Crippen molar-refractivity contribution in [1.82, 2.24) is 0 Å². The maximum atomic E-state index is 8.25. The Labute approximate surface area is 266 Å². The van der Waals surface area contributed by atoms with Crippen molar-refractivity contribution in [3.63, 3.8) is 0 Å². The zero-order valence-corrected chi connectivity index (χ0v) is 26.2. The maximum Gasteiger partial charge on any atom is 1.00 e. The largest absolute Gasteiger partial charge is 1.00 e. The fourth-order valence-electron chi connectivity index (χ4n) is 4.63. The molecule has 0 atom stereocenters. The van der Waals surface area contributed by atoms with Crippen LogP contribution in [0.1, 0.15) is 0 Å². The summed E-state index contributed by atoms with van der Waals surface area (Å²) >= 11 is 0. The third kappa shape index (κ3) is 10.6. The summed E-state index contributed by atoms with van der Waals surface area (Å²) in [5.74, 6) is 0. The summed E-state index contributed by atoms with van der Waals surface area (Å²) in [4.78, 5) is 8.25. The molecule has 0 amide bonds. The molecule has 6 aromatic carbocycles. The molecule has 0 N–H and O–H groups in total. The summed E-state index contributed by atoms with van der Waals surface area (Å²) in [6, 6.07) is 65.0. The zero-order chi connectivity index (χ0) is 29.4. The summed E-state index contributed by atoms with van der Waals surface area (Å²) in [7, 11) is -1.75. The molecule has 0 fully saturated rings. The van der Waals surface area contributed by atoms with Crippen LogP contribution in [0.25, 0.3) is 0 Å². The number of hydrogen-bond acceptors (Lipinski definition) is 3. The first kappa shape index (κ1) is 33.4. The van der Waals surface area contributed by atoms with Gasteiger partial charge in [0.25, 0.3) is 0 Å². The van der Waals surface area contributed by atoms with E-state index in [-0.39, 0.29) is 17.1 Å². The van der Waals surface area contributed by atoms with E-state index in [0.29, 0.717) is 0 Å². The second kappa shape index (κ2) is 18.4. The third-order valence-corrected chi connectivity index (χ3v) is 11.8. The van der Waals surface area contributed by atoms with Crippen molar-refractivity contribution >= 4 is 47.7 Å². The SMILES string of the molecule is O=[N+]([O-])[O-].[Cu+].c1ccc([PH+](c2ccccc2)c2ccccc2)cc1.c1ccc([PH+](c2ccccc2)c2ccccc2)cc1. The molecule has 0 spiro atoms. The Hall–Kier alpha value is -4.10. The van der Waals surface area contributed by atoms with Crippen LogP contribution in [-0.4, -0.2) is 5.09 Å². The Morgan fingerprint density at radius 3 is 0.558 bits per heavy atom. The van der Waals surface area contributed by atoms with Crippen LogP contribution in [-0.2, 0) is 17.1 Å². The van der Waals surface area contributed by atoms with E-state index in [1.54, 1.807) is 0 Å². The Bertz CT molecular complexity index is 1290. The molecule has 0 aliphatic heterocycles. The Balaban J connectivity index is 0.000000206. The van der Waals surface area contributed by atoms with Gasteiger partial charge in [-0.1, -0.05) is 109 Å². The van der Waals surface area contributed by atoms with Gasteiger partial charge in [-0.05, 0) is 72.8 Å². The van der Waals surface area contributed by atoms with E-state index in [4.69, 9.17) is 15.3 Å². The van der Waals surface area contributed by atoms with Crippen LogP contribution in [0, 0.1) is 15.3 Å². The topological polar surface area (TPSA) is 66.2 Å². The minimum absolute atomic E-state index is 0. The fraction of sp³-hybridized carbons (Fsp3) is 0. The summed E-state index contributed by atoms with van der Waals surface area (Å²) in [6.07, 6.45) is 0. The first-order chi connectivity index (χ1) is 20.6. The van der Waals surface area contributed by atoms with Gasteiger partial charge in [-0.25, -0.2) is 0 Å². The van der Waals surface area contributed by atoms with Gasteiger partial charge in [-0.15, -0.1) is 0 Å². The number of nitrogens with zero attached hydrogens (tertiary/aromatic N) is 1. The van der Waals surface area contributed by atoms with Gasteiger partial charge in [0.2, 0.25) is 0 Å². The van der Waals surface area contributed by atoms with Crippen molar-refractivity contribution in [2.24, 2.45) is 0 Å².